The molecule has 1 unspecified atom stereocenters. The van der Waals surface area contributed by atoms with Crippen LogP contribution in [-0.4, -0.2) is 34.6 Å². The van der Waals surface area contributed by atoms with Crippen molar-refractivity contribution in [2.45, 2.75) is 26.5 Å². The molecule has 0 aliphatic rings. The Morgan fingerprint density at radius 3 is 2.35 bits per heavy atom. The zero-order chi connectivity index (χ0) is 13.1. The first-order valence-electron chi connectivity index (χ1n) is 5.81. The van der Waals surface area contributed by atoms with Crippen molar-refractivity contribution in [2.24, 2.45) is 0 Å². The molecular formula is C13H20N2O2. The van der Waals surface area contributed by atoms with Crippen molar-refractivity contribution in [1.82, 2.24) is 4.90 Å². The lowest BCUT2D eigenvalue weighted by atomic mass is 9.99. The molecule has 3 N–H and O–H groups in total. The minimum Gasteiger partial charge on any atom is -0.398 e. The Morgan fingerprint density at radius 2 is 1.88 bits per heavy atom. The van der Waals surface area contributed by atoms with E-state index in [1.807, 2.05) is 13.8 Å². The molecule has 1 aromatic rings. The van der Waals surface area contributed by atoms with Gasteiger partial charge in [0.2, 0.25) is 5.78 Å². The standard InChI is InChI=1S/C13H20N2O2/c1-4-15(5-2)13(3,17)12(16)10-8-6-7-9-11(10)14/h6-9,17H,4-5,14H2,1-3H3. The molecule has 0 aromatic heterocycles. The quantitative estimate of drug-likeness (QED) is 0.462. The number of likely N-dealkylation sites (N-methyl/N-ethyl adjacent to an activating group) is 1. The molecule has 0 radical (unpaired) electrons. The van der Waals surface area contributed by atoms with E-state index in [0.29, 0.717) is 24.3 Å². The molecule has 0 saturated heterocycles. The van der Waals surface area contributed by atoms with Gasteiger partial charge in [-0.1, -0.05) is 26.0 Å². The number of nitrogens with two attached hydrogens (primary N) is 1. The molecule has 0 amide bonds. The number of rotatable bonds is 5. The summed E-state index contributed by atoms with van der Waals surface area (Å²) in [5.74, 6) is -0.362. The highest BCUT2D eigenvalue weighted by atomic mass is 16.3. The molecule has 0 bridgehead atoms. The van der Waals surface area contributed by atoms with Crippen LogP contribution in [0.1, 0.15) is 31.1 Å². The first kappa shape index (κ1) is 13.7. The lowest BCUT2D eigenvalue weighted by Gasteiger charge is -2.34. The van der Waals surface area contributed by atoms with Gasteiger partial charge in [-0.25, -0.2) is 0 Å². The molecule has 4 heteroatoms. The highest BCUT2D eigenvalue weighted by molar-refractivity contribution is 6.05. The predicted molar refractivity (Wildman–Crippen MR) is 68.7 cm³/mol. The van der Waals surface area contributed by atoms with Gasteiger partial charge < -0.3 is 10.8 Å². The third-order valence-electron chi connectivity index (χ3n) is 3.01. The molecule has 94 valence electrons. The number of aliphatic hydroxyl groups is 1. The van der Waals surface area contributed by atoms with Crippen LogP contribution in [0.2, 0.25) is 0 Å². The number of nitrogen functional groups attached to an aromatic ring is 1. The topological polar surface area (TPSA) is 66.6 Å². The van der Waals surface area contributed by atoms with Crippen molar-refractivity contribution in [1.29, 1.82) is 0 Å². The number of nitrogens with zero attached hydrogens (tertiary/aromatic N) is 1. The van der Waals surface area contributed by atoms with E-state index >= 15 is 0 Å². The van der Waals surface area contributed by atoms with Crippen LogP contribution in [0.4, 0.5) is 5.69 Å². The predicted octanol–water partition coefficient (Wildman–Crippen LogP) is 1.50. The fourth-order valence-electron chi connectivity index (χ4n) is 1.94. The third kappa shape index (κ3) is 2.65. The molecule has 1 aromatic carbocycles. The minimum absolute atomic E-state index is 0.362. The van der Waals surface area contributed by atoms with E-state index in [1.165, 1.54) is 6.92 Å². The van der Waals surface area contributed by atoms with Gasteiger partial charge in [-0.3, -0.25) is 9.69 Å². The van der Waals surface area contributed by atoms with E-state index in [-0.39, 0.29) is 5.78 Å². The lowest BCUT2D eigenvalue weighted by molar-refractivity contribution is -0.0588. The molecule has 1 atom stereocenters. The molecule has 0 heterocycles. The second-order valence-electron chi connectivity index (χ2n) is 4.11. The Balaban J connectivity index is 3.08. The first-order valence-corrected chi connectivity index (χ1v) is 5.81. The number of carbonyl (C=O) groups is 1. The van der Waals surface area contributed by atoms with Crippen LogP contribution in [0.5, 0.6) is 0 Å². The fourth-order valence-corrected chi connectivity index (χ4v) is 1.94. The molecule has 0 aliphatic heterocycles. The fraction of sp³-hybridized carbons (Fsp3) is 0.462. The van der Waals surface area contributed by atoms with Crippen molar-refractivity contribution in [3.05, 3.63) is 29.8 Å². The SMILES string of the molecule is CCN(CC)C(C)(O)C(=O)c1ccccc1N. The lowest BCUT2D eigenvalue weighted by Crippen LogP contribution is -2.52. The smallest absolute Gasteiger partial charge is 0.211 e. The van der Waals surface area contributed by atoms with Crippen molar-refractivity contribution in [3.63, 3.8) is 0 Å². The summed E-state index contributed by atoms with van der Waals surface area (Å²) in [6.45, 7) is 6.51. The monoisotopic (exact) mass is 236 g/mol. The summed E-state index contributed by atoms with van der Waals surface area (Å²) >= 11 is 0. The largest absolute Gasteiger partial charge is 0.398 e. The summed E-state index contributed by atoms with van der Waals surface area (Å²) in [4.78, 5) is 14.0. The summed E-state index contributed by atoms with van der Waals surface area (Å²) in [7, 11) is 0. The van der Waals surface area contributed by atoms with Crippen molar-refractivity contribution in [3.8, 4) is 0 Å². The molecule has 0 aliphatic carbocycles. The second kappa shape index (κ2) is 5.29. The Bertz CT molecular complexity index is 398. The van der Waals surface area contributed by atoms with Crippen molar-refractivity contribution in [2.75, 3.05) is 18.8 Å². The summed E-state index contributed by atoms with van der Waals surface area (Å²) in [5, 5.41) is 10.3. The summed E-state index contributed by atoms with van der Waals surface area (Å²) in [5.41, 5.74) is 4.99. The van der Waals surface area contributed by atoms with Crippen LogP contribution >= 0.6 is 0 Å². The van der Waals surface area contributed by atoms with Crippen LogP contribution in [0.3, 0.4) is 0 Å². The summed E-state index contributed by atoms with van der Waals surface area (Å²) in [6.07, 6.45) is 0. The highest BCUT2D eigenvalue weighted by Gasteiger charge is 2.36. The number of ketones is 1. The summed E-state index contributed by atoms with van der Waals surface area (Å²) in [6, 6.07) is 6.79. The van der Waals surface area contributed by atoms with Gasteiger partial charge in [-0.2, -0.15) is 0 Å². The maximum atomic E-state index is 12.3. The van der Waals surface area contributed by atoms with Crippen molar-refractivity contribution < 1.29 is 9.90 Å². The van der Waals surface area contributed by atoms with Crippen molar-refractivity contribution >= 4 is 11.5 Å². The number of para-hydroxylation sites is 1. The molecule has 17 heavy (non-hydrogen) atoms. The van der Waals surface area contributed by atoms with Gasteiger partial charge in [0.25, 0.3) is 0 Å². The number of hydrogen-bond donors (Lipinski definition) is 2. The minimum atomic E-state index is -1.51. The Hall–Kier alpha value is -1.39. The maximum Gasteiger partial charge on any atom is 0.211 e. The third-order valence-corrected chi connectivity index (χ3v) is 3.01. The van der Waals surface area contributed by atoms with E-state index in [4.69, 9.17) is 5.73 Å². The van der Waals surface area contributed by atoms with Crippen LogP contribution in [-0.2, 0) is 0 Å². The highest BCUT2D eigenvalue weighted by Crippen LogP contribution is 2.21. The van der Waals surface area contributed by atoms with Gasteiger partial charge in [0, 0.05) is 11.3 Å². The zero-order valence-electron chi connectivity index (χ0n) is 10.6. The maximum absolute atomic E-state index is 12.3. The van der Waals surface area contributed by atoms with Gasteiger partial charge in [-0.05, 0) is 32.1 Å². The van der Waals surface area contributed by atoms with Gasteiger partial charge in [0.05, 0.1) is 0 Å². The Morgan fingerprint density at radius 1 is 1.35 bits per heavy atom. The normalized spacial score (nSPS) is 14.6. The average molecular weight is 236 g/mol. The van der Waals surface area contributed by atoms with E-state index in [0.717, 1.165) is 0 Å². The van der Waals surface area contributed by atoms with E-state index in [9.17, 15) is 9.90 Å². The molecule has 1 rings (SSSR count). The Kier molecular flexibility index (Phi) is 4.26. The molecule has 0 saturated carbocycles. The van der Waals surface area contributed by atoms with Gasteiger partial charge in [-0.15, -0.1) is 0 Å². The zero-order valence-corrected chi connectivity index (χ0v) is 10.6. The Labute approximate surface area is 102 Å². The van der Waals surface area contributed by atoms with Gasteiger partial charge in [0.1, 0.15) is 0 Å². The summed E-state index contributed by atoms with van der Waals surface area (Å²) < 4.78 is 0. The van der Waals surface area contributed by atoms with E-state index in [1.54, 1.807) is 29.2 Å². The average Bonchev–Trinajstić information content (AvgIpc) is 2.30. The van der Waals surface area contributed by atoms with Gasteiger partial charge in [0.15, 0.2) is 5.72 Å². The number of Topliss-reactive ketones (excluding diaryl/α,β-unsaturated/α-hetero) is 1. The second-order valence-corrected chi connectivity index (χ2v) is 4.11. The molecule has 4 nitrogen and oxygen atoms in total. The number of carbonyl (C=O) groups excluding carboxylic acids is 1. The number of benzene rings is 1. The first-order chi connectivity index (χ1) is 7.95. The number of anilines is 1. The number of hydrogen-bond acceptors (Lipinski definition) is 4. The van der Waals surface area contributed by atoms with Crippen LogP contribution in [0.25, 0.3) is 0 Å². The van der Waals surface area contributed by atoms with Crippen LogP contribution in [0, 0.1) is 0 Å². The van der Waals surface area contributed by atoms with Crippen LogP contribution < -0.4 is 5.73 Å². The van der Waals surface area contributed by atoms with Crippen LogP contribution in [0.15, 0.2) is 24.3 Å². The van der Waals surface area contributed by atoms with E-state index < -0.39 is 5.72 Å². The van der Waals surface area contributed by atoms with Gasteiger partial charge >= 0.3 is 0 Å². The molecule has 0 spiro atoms. The van der Waals surface area contributed by atoms with E-state index in [2.05, 4.69) is 0 Å². The molecular weight excluding hydrogens is 216 g/mol. The molecule has 0 fully saturated rings.